The Balaban J connectivity index is 1.52. The summed E-state index contributed by atoms with van der Waals surface area (Å²) in [5, 5.41) is 14.6. The van der Waals surface area contributed by atoms with E-state index in [1.54, 1.807) is 6.92 Å². The molecule has 2 aliphatic rings. The molecule has 2 bridgehead atoms. The Hall–Kier alpha value is -2.26. The maximum absolute atomic E-state index is 13.0. The fourth-order valence-corrected chi connectivity index (χ4v) is 3.76. The normalized spacial score (nSPS) is 23.8. The van der Waals surface area contributed by atoms with Gasteiger partial charge in [-0.25, -0.2) is 0 Å². The minimum Gasteiger partial charge on any atom is -0.379 e. The van der Waals surface area contributed by atoms with Gasteiger partial charge in [0.1, 0.15) is 0 Å². The minimum absolute atomic E-state index is 0.0142. The molecule has 2 aliphatic heterocycles. The summed E-state index contributed by atoms with van der Waals surface area (Å²) in [5.41, 5.74) is 1.99. The lowest BCUT2D eigenvalue weighted by Crippen LogP contribution is -2.46. The van der Waals surface area contributed by atoms with Gasteiger partial charge in [0.05, 0.1) is 37.2 Å². The molecule has 1 amide bonds. The molecule has 0 unspecified atom stereocenters. The zero-order valence-electron chi connectivity index (χ0n) is 15.1. The number of nitrogens with one attached hydrogen (secondary N) is 1. The van der Waals surface area contributed by atoms with E-state index < -0.39 is 0 Å². The second-order valence-corrected chi connectivity index (χ2v) is 7.10. The summed E-state index contributed by atoms with van der Waals surface area (Å²) in [4.78, 5) is 17.2. The zero-order chi connectivity index (χ0) is 18.1. The van der Waals surface area contributed by atoms with Crippen molar-refractivity contribution < 1.29 is 14.1 Å². The summed E-state index contributed by atoms with van der Waals surface area (Å²) in [6, 6.07) is 2.00. The fraction of sp³-hybridized carbons (Fsp3) is 0.647. The Bertz CT molecular complexity index is 772. The third-order valence-electron chi connectivity index (χ3n) is 5.08. The number of ether oxygens (including phenoxy) is 1. The Morgan fingerprint density at radius 2 is 2.19 bits per heavy atom. The average Bonchev–Trinajstić information content (AvgIpc) is 3.14. The monoisotopic (exact) mass is 360 g/mol. The molecule has 4 rings (SSSR count). The number of carbonyl (C=O) groups is 1. The Kier molecular flexibility index (Phi) is 4.73. The molecule has 0 spiro atoms. The van der Waals surface area contributed by atoms with Gasteiger partial charge in [0.25, 0.3) is 5.91 Å². The van der Waals surface area contributed by atoms with E-state index in [1.165, 1.54) is 0 Å². The first-order chi connectivity index (χ1) is 12.6. The molecule has 2 saturated heterocycles. The Labute approximate surface area is 151 Å². The van der Waals surface area contributed by atoms with Gasteiger partial charge in [-0.1, -0.05) is 12.1 Å². The highest BCUT2D eigenvalue weighted by Crippen LogP contribution is 2.23. The van der Waals surface area contributed by atoms with Crippen molar-refractivity contribution in [2.24, 2.45) is 5.92 Å². The van der Waals surface area contributed by atoms with Crippen molar-refractivity contribution in [1.29, 1.82) is 0 Å². The molecule has 0 aliphatic carbocycles. The van der Waals surface area contributed by atoms with E-state index in [4.69, 9.17) is 9.26 Å². The van der Waals surface area contributed by atoms with Gasteiger partial charge in [0, 0.05) is 31.6 Å². The van der Waals surface area contributed by atoms with Gasteiger partial charge in [-0.2, -0.15) is 15.4 Å². The smallest absolute Gasteiger partial charge is 0.276 e. The van der Waals surface area contributed by atoms with E-state index in [9.17, 15) is 4.79 Å². The van der Waals surface area contributed by atoms with E-state index in [-0.39, 0.29) is 17.9 Å². The van der Waals surface area contributed by atoms with Crippen molar-refractivity contribution in [3.8, 4) is 0 Å². The number of H-pyrrole nitrogens is 1. The van der Waals surface area contributed by atoms with Crippen LogP contribution in [0.25, 0.3) is 0 Å². The van der Waals surface area contributed by atoms with Crippen LogP contribution in [0.1, 0.15) is 34.6 Å². The second kappa shape index (κ2) is 7.16. The molecule has 140 valence electrons. The number of carbonyl (C=O) groups excluding carboxylic acids is 1. The standard InChI is InChI=1S/C17H24N6O3/c1-3-13-4-15(26-20-13)8-22-5-12-6-23(14(7-22)10-25-9-12)17(24)16-11(2)18-21-19-16/h4,12,14H,3,5-10H2,1-2H3,(H,18,19,21)/t12-,14-/m0/s1. The van der Waals surface area contributed by atoms with Gasteiger partial charge in [-0.15, -0.1) is 0 Å². The van der Waals surface area contributed by atoms with Gasteiger partial charge in [0.2, 0.25) is 0 Å². The summed E-state index contributed by atoms with van der Waals surface area (Å²) >= 11 is 0. The molecule has 0 saturated carbocycles. The average molecular weight is 360 g/mol. The third kappa shape index (κ3) is 3.36. The van der Waals surface area contributed by atoms with Crippen molar-refractivity contribution in [1.82, 2.24) is 30.4 Å². The Morgan fingerprint density at radius 3 is 2.92 bits per heavy atom. The quantitative estimate of drug-likeness (QED) is 0.854. The molecule has 26 heavy (non-hydrogen) atoms. The molecule has 0 aromatic carbocycles. The van der Waals surface area contributed by atoms with Crippen LogP contribution in [0, 0.1) is 12.8 Å². The summed E-state index contributed by atoms with van der Waals surface area (Å²) in [6.45, 7) is 8.01. The number of hydrogen-bond acceptors (Lipinski definition) is 7. The lowest BCUT2D eigenvalue weighted by atomic mass is 10.1. The minimum atomic E-state index is -0.0773. The number of amides is 1. The summed E-state index contributed by atoms with van der Waals surface area (Å²) < 4.78 is 11.3. The van der Waals surface area contributed by atoms with Crippen molar-refractivity contribution in [2.75, 3.05) is 32.8 Å². The second-order valence-electron chi connectivity index (χ2n) is 7.10. The lowest BCUT2D eigenvalue weighted by molar-refractivity contribution is 0.0405. The molecule has 4 heterocycles. The van der Waals surface area contributed by atoms with Crippen LogP contribution in [-0.4, -0.2) is 75.2 Å². The molecule has 2 atom stereocenters. The van der Waals surface area contributed by atoms with Crippen molar-refractivity contribution in [3.63, 3.8) is 0 Å². The van der Waals surface area contributed by atoms with Crippen molar-refractivity contribution in [2.45, 2.75) is 32.9 Å². The van der Waals surface area contributed by atoms with Gasteiger partial charge in [0.15, 0.2) is 11.5 Å². The molecule has 0 radical (unpaired) electrons. The number of hydrogen-bond donors (Lipinski definition) is 1. The maximum atomic E-state index is 13.0. The first-order valence-electron chi connectivity index (χ1n) is 9.07. The van der Waals surface area contributed by atoms with Crippen LogP contribution in [0.15, 0.2) is 10.6 Å². The van der Waals surface area contributed by atoms with Crippen LogP contribution >= 0.6 is 0 Å². The SMILES string of the molecule is CCc1cc(CN2C[C@@H]3COC[C@H](C2)N(C(=O)c2n[nH]nc2C)C3)on1. The van der Waals surface area contributed by atoms with Crippen LogP contribution < -0.4 is 0 Å². The van der Waals surface area contributed by atoms with Crippen LogP contribution in [0.4, 0.5) is 0 Å². The van der Waals surface area contributed by atoms with Gasteiger partial charge < -0.3 is 14.2 Å². The fourth-order valence-electron chi connectivity index (χ4n) is 3.76. The van der Waals surface area contributed by atoms with E-state index >= 15 is 0 Å². The number of aromatic amines is 1. The maximum Gasteiger partial charge on any atom is 0.276 e. The van der Waals surface area contributed by atoms with E-state index in [0.717, 1.165) is 31.0 Å². The van der Waals surface area contributed by atoms with Crippen LogP contribution in [-0.2, 0) is 17.7 Å². The van der Waals surface area contributed by atoms with E-state index in [2.05, 4.69) is 32.4 Å². The number of nitrogens with zero attached hydrogens (tertiary/aromatic N) is 5. The molecule has 2 aromatic rings. The largest absolute Gasteiger partial charge is 0.379 e. The molecule has 2 fully saturated rings. The first-order valence-corrected chi connectivity index (χ1v) is 9.07. The number of aryl methyl sites for hydroxylation is 2. The summed E-state index contributed by atoms with van der Waals surface area (Å²) in [5.74, 6) is 1.05. The van der Waals surface area contributed by atoms with E-state index in [0.29, 0.717) is 37.7 Å². The van der Waals surface area contributed by atoms with Gasteiger partial charge in [-0.3, -0.25) is 9.69 Å². The summed E-state index contributed by atoms with van der Waals surface area (Å²) in [7, 11) is 0. The molecule has 9 heteroatoms. The van der Waals surface area contributed by atoms with Crippen LogP contribution in [0.3, 0.4) is 0 Å². The van der Waals surface area contributed by atoms with Crippen molar-refractivity contribution >= 4 is 5.91 Å². The predicted octanol–water partition coefficient (Wildman–Crippen LogP) is 0.637. The number of fused-ring (bicyclic) bond motifs is 3. The zero-order valence-corrected chi connectivity index (χ0v) is 15.1. The van der Waals surface area contributed by atoms with Gasteiger partial charge in [-0.05, 0) is 13.3 Å². The molecule has 9 nitrogen and oxygen atoms in total. The number of aromatic nitrogens is 4. The van der Waals surface area contributed by atoms with Crippen LogP contribution in [0.2, 0.25) is 0 Å². The summed E-state index contributed by atoms with van der Waals surface area (Å²) in [6.07, 6.45) is 0.863. The van der Waals surface area contributed by atoms with Gasteiger partial charge >= 0.3 is 0 Å². The molecule has 2 aromatic heterocycles. The molecular formula is C17H24N6O3. The number of rotatable bonds is 4. The van der Waals surface area contributed by atoms with Crippen LogP contribution in [0.5, 0.6) is 0 Å². The highest BCUT2D eigenvalue weighted by molar-refractivity contribution is 5.93. The highest BCUT2D eigenvalue weighted by atomic mass is 16.5. The first kappa shape index (κ1) is 17.2. The lowest BCUT2D eigenvalue weighted by Gasteiger charge is -2.30. The highest BCUT2D eigenvalue weighted by Gasteiger charge is 2.37. The molecular weight excluding hydrogens is 336 g/mol. The Morgan fingerprint density at radius 1 is 1.31 bits per heavy atom. The third-order valence-corrected chi connectivity index (χ3v) is 5.08. The van der Waals surface area contributed by atoms with E-state index in [1.807, 2.05) is 11.0 Å². The molecule has 1 N–H and O–H groups in total. The topological polar surface area (TPSA) is 100 Å². The predicted molar refractivity (Wildman–Crippen MR) is 91.4 cm³/mol. The van der Waals surface area contributed by atoms with Crippen molar-refractivity contribution in [3.05, 3.63) is 28.9 Å².